The minimum atomic E-state index is -0.265. The number of halogens is 1. The van der Waals surface area contributed by atoms with E-state index in [1.807, 2.05) is 19.9 Å². The third-order valence-electron chi connectivity index (χ3n) is 4.40. The number of rotatable bonds is 4. The number of Topliss-reactive ketones (excluding diaryl/α,β-unsaturated/α-hetero) is 1. The average Bonchev–Trinajstić information content (AvgIpc) is 2.85. The van der Waals surface area contributed by atoms with Crippen molar-refractivity contribution >= 4 is 28.3 Å². The van der Waals surface area contributed by atoms with Crippen molar-refractivity contribution in [2.75, 3.05) is 0 Å². The number of benzene rings is 1. The van der Waals surface area contributed by atoms with E-state index >= 15 is 0 Å². The molecule has 0 radical (unpaired) electrons. The maximum absolute atomic E-state index is 12.8. The van der Waals surface area contributed by atoms with E-state index in [0.29, 0.717) is 21.5 Å². The van der Waals surface area contributed by atoms with Crippen LogP contribution in [0.5, 0.6) is 0 Å². The zero-order valence-electron chi connectivity index (χ0n) is 14.7. The molecule has 0 atom stereocenters. The molecular formula is C19H20ClN3O2. The number of aromatic nitrogens is 3. The van der Waals surface area contributed by atoms with Crippen molar-refractivity contribution in [3.8, 4) is 0 Å². The molecule has 0 amide bonds. The lowest BCUT2D eigenvalue weighted by Gasteiger charge is -2.13. The Kier molecular flexibility index (Phi) is 4.52. The number of fused-ring (bicyclic) bond motifs is 1. The van der Waals surface area contributed by atoms with Gasteiger partial charge in [-0.2, -0.15) is 0 Å². The van der Waals surface area contributed by atoms with E-state index in [1.54, 1.807) is 18.2 Å². The van der Waals surface area contributed by atoms with Gasteiger partial charge in [0.25, 0.3) is 5.56 Å². The van der Waals surface area contributed by atoms with E-state index in [0.717, 1.165) is 11.4 Å². The van der Waals surface area contributed by atoms with Crippen LogP contribution in [-0.4, -0.2) is 19.9 Å². The van der Waals surface area contributed by atoms with E-state index in [1.165, 1.54) is 10.9 Å². The molecule has 6 heteroatoms. The van der Waals surface area contributed by atoms with E-state index < -0.39 is 0 Å². The molecule has 0 saturated carbocycles. The summed E-state index contributed by atoms with van der Waals surface area (Å²) in [6.07, 6.45) is 1.41. The molecule has 0 fully saturated rings. The van der Waals surface area contributed by atoms with Gasteiger partial charge in [0.1, 0.15) is 0 Å². The predicted octanol–water partition coefficient (Wildman–Crippen LogP) is 3.93. The van der Waals surface area contributed by atoms with Crippen LogP contribution >= 0.6 is 11.6 Å². The van der Waals surface area contributed by atoms with E-state index in [2.05, 4.69) is 23.4 Å². The van der Waals surface area contributed by atoms with Gasteiger partial charge in [-0.3, -0.25) is 14.2 Å². The van der Waals surface area contributed by atoms with Crippen molar-refractivity contribution in [3.05, 3.63) is 62.9 Å². The Labute approximate surface area is 150 Å². The van der Waals surface area contributed by atoms with Crippen LogP contribution in [0.2, 0.25) is 5.02 Å². The highest BCUT2D eigenvalue weighted by Crippen LogP contribution is 2.21. The molecule has 25 heavy (non-hydrogen) atoms. The van der Waals surface area contributed by atoms with E-state index in [4.69, 9.17) is 11.6 Å². The van der Waals surface area contributed by atoms with E-state index in [9.17, 15) is 9.59 Å². The fraction of sp³-hybridized carbons (Fsp3) is 0.316. The Hall–Kier alpha value is -2.40. The topological polar surface area (TPSA) is 56.9 Å². The molecule has 0 spiro atoms. The first-order valence-electron chi connectivity index (χ1n) is 8.16. The van der Waals surface area contributed by atoms with Crippen molar-refractivity contribution in [2.45, 2.75) is 40.3 Å². The summed E-state index contributed by atoms with van der Waals surface area (Å²) >= 11 is 5.97. The van der Waals surface area contributed by atoms with Crippen molar-refractivity contribution in [3.63, 3.8) is 0 Å². The van der Waals surface area contributed by atoms with Crippen LogP contribution < -0.4 is 5.56 Å². The van der Waals surface area contributed by atoms with Gasteiger partial charge in [0, 0.05) is 28.0 Å². The quantitative estimate of drug-likeness (QED) is 0.665. The second kappa shape index (κ2) is 6.48. The number of hydrogen-bond acceptors (Lipinski definition) is 3. The van der Waals surface area contributed by atoms with Gasteiger partial charge >= 0.3 is 0 Å². The Balaban J connectivity index is 1.99. The van der Waals surface area contributed by atoms with Crippen LogP contribution in [0.15, 0.2) is 35.4 Å². The second-order valence-corrected chi connectivity index (χ2v) is 6.95. The van der Waals surface area contributed by atoms with Crippen LogP contribution in [0.3, 0.4) is 0 Å². The standard InChI is InChI=1S/C19H20ClN3O2/c1-11(2)23-12(3)7-15(13(23)4)18(24)9-22-10-21-17-6-5-14(20)8-16(17)19(22)25/h5-8,10-11H,9H2,1-4H3. The number of aryl methyl sites for hydroxylation is 1. The van der Waals surface area contributed by atoms with Gasteiger partial charge in [0.05, 0.1) is 23.8 Å². The van der Waals surface area contributed by atoms with Crippen LogP contribution in [0, 0.1) is 13.8 Å². The zero-order chi connectivity index (χ0) is 18.3. The Morgan fingerprint density at radius 1 is 1.24 bits per heavy atom. The summed E-state index contributed by atoms with van der Waals surface area (Å²) in [4.78, 5) is 29.6. The maximum Gasteiger partial charge on any atom is 0.261 e. The van der Waals surface area contributed by atoms with Gasteiger partial charge in [-0.05, 0) is 52.0 Å². The first-order chi connectivity index (χ1) is 11.8. The molecule has 2 aromatic heterocycles. The average molecular weight is 358 g/mol. The fourth-order valence-corrected chi connectivity index (χ4v) is 3.51. The third kappa shape index (κ3) is 3.12. The van der Waals surface area contributed by atoms with Crippen LogP contribution in [0.4, 0.5) is 0 Å². The molecule has 0 N–H and O–H groups in total. The van der Waals surface area contributed by atoms with Gasteiger partial charge in [0.2, 0.25) is 0 Å². The smallest absolute Gasteiger partial charge is 0.261 e. The highest BCUT2D eigenvalue weighted by atomic mass is 35.5. The lowest BCUT2D eigenvalue weighted by atomic mass is 10.1. The number of carbonyl (C=O) groups excluding carboxylic acids is 1. The molecule has 0 aliphatic heterocycles. The third-order valence-corrected chi connectivity index (χ3v) is 4.64. The van der Waals surface area contributed by atoms with E-state index in [-0.39, 0.29) is 23.9 Å². The molecule has 0 saturated heterocycles. The zero-order valence-corrected chi connectivity index (χ0v) is 15.5. The van der Waals surface area contributed by atoms with Crippen molar-refractivity contribution in [1.82, 2.24) is 14.1 Å². The van der Waals surface area contributed by atoms with Crippen LogP contribution in [-0.2, 0) is 6.54 Å². The molecule has 2 heterocycles. The van der Waals surface area contributed by atoms with Gasteiger partial charge in [0.15, 0.2) is 5.78 Å². The summed E-state index contributed by atoms with van der Waals surface area (Å²) in [6, 6.07) is 7.12. The van der Waals surface area contributed by atoms with Crippen LogP contribution in [0.1, 0.15) is 41.6 Å². The van der Waals surface area contributed by atoms with Gasteiger partial charge < -0.3 is 4.57 Å². The highest BCUT2D eigenvalue weighted by Gasteiger charge is 2.18. The lowest BCUT2D eigenvalue weighted by molar-refractivity contribution is 0.0970. The molecule has 5 nitrogen and oxygen atoms in total. The van der Waals surface area contributed by atoms with Crippen molar-refractivity contribution in [1.29, 1.82) is 0 Å². The summed E-state index contributed by atoms with van der Waals surface area (Å²) in [5.41, 5.74) is 2.90. The summed E-state index contributed by atoms with van der Waals surface area (Å²) in [5.74, 6) is -0.106. The predicted molar refractivity (Wildman–Crippen MR) is 99.6 cm³/mol. The minimum absolute atomic E-state index is 0.0450. The molecule has 0 bridgehead atoms. The molecule has 0 unspecified atom stereocenters. The fourth-order valence-electron chi connectivity index (χ4n) is 3.34. The monoisotopic (exact) mass is 357 g/mol. The number of carbonyl (C=O) groups is 1. The molecule has 130 valence electrons. The highest BCUT2D eigenvalue weighted by molar-refractivity contribution is 6.31. The Morgan fingerprint density at radius 2 is 1.96 bits per heavy atom. The van der Waals surface area contributed by atoms with Crippen LogP contribution in [0.25, 0.3) is 10.9 Å². The SMILES string of the molecule is Cc1cc(C(=O)Cn2cnc3ccc(Cl)cc3c2=O)c(C)n1C(C)C. The lowest BCUT2D eigenvalue weighted by Crippen LogP contribution is -2.25. The van der Waals surface area contributed by atoms with Gasteiger partial charge in [-0.25, -0.2) is 4.98 Å². The summed E-state index contributed by atoms with van der Waals surface area (Å²) in [5, 5.41) is 0.881. The molecule has 1 aromatic carbocycles. The summed E-state index contributed by atoms with van der Waals surface area (Å²) < 4.78 is 3.46. The first-order valence-corrected chi connectivity index (χ1v) is 8.53. The van der Waals surface area contributed by atoms with Crippen molar-refractivity contribution in [2.24, 2.45) is 0 Å². The maximum atomic E-state index is 12.8. The Morgan fingerprint density at radius 3 is 2.60 bits per heavy atom. The normalized spacial score (nSPS) is 11.4. The molecule has 3 aromatic rings. The molecule has 0 aliphatic rings. The van der Waals surface area contributed by atoms with Gasteiger partial charge in [-0.1, -0.05) is 11.6 Å². The first kappa shape index (κ1) is 17.4. The number of nitrogens with zero attached hydrogens (tertiary/aromatic N) is 3. The molecule has 3 rings (SSSR count). The molecule has 0 aliphatic carbocycles. The largest absolute Gasteiger partial charge is 0.346 e. The number of hydrogen-bond donors (Lipinski definition) is 0. The Bertz CT molecular complexity index is 1030. The molecular weight excluding hydrogens is 338 g/mol. The van der Waals surface area contributed by atoms with Gasteiger partial charge in [-0.15, -0.1) is 0 Å². The minimum Gasteiger partial charge on any atom is -0.346 e. The number of ketones is 1. The van der Waals surface area contributed by atoms with Crippen molar-refractivity contribution < 1.29 is 4.79 Å². The second-order valence-electron chi connectivity index (χ2n) is 6.51. The summed E-state index contributed by atoms with van der Waals surface area (Å²) in [6.45, 7) is 8.03. The summed E-state index contributed by atoms with van der Waals surface area (Å²) in [7, 11) is 0.